The Hall–Kier alpha value is -2.87. The molecule has 0 atom stereocenters. The van der Waals surface area contributed by atoms with Gasteiger partial charge in [-0.3, -0.25) is 4.72 Å². The van der Waals surface area contributed by atoms with Gasteiger partial charge in [-0.05, 0) is 69.0 Å². The SMILES string of the molecule is CC(C)OC(=O)c1cc(NS(=O)(=O)c2ccc(C(C)(C)C)cc2)cc(C(=O)OC(C)C)c1. The van der Waals surface area contributed by atoms with Gasteiger partial charge in [-0.15, -0.1) is 0 Å². The van der Waals surface area contributed by atoms with Crippen LogP contribution in [-0.4, -0.2) is 32.6 Å². The second kappa shape index (κ2) is 9.73. The molecule has 0 amide bonds. The van der Waals surface area contributed by atoms with E-state index in [9.17, 15) is 18.0 Å². The third-order valence-corrected chi connectivity index (χ3v) is 5.77. The quantitative estimate of drug-likeness (QED) is 0.588. The molecule has 0 aliphatic rings. The first-order valence-corrected chi connectivity index (χ1v) is 11.9. The Labute approximate surface area is 190 Å². The van der Waals surface area contributed by atoms with Gasteiger partial charge in [0, 0.05) is 0 Å². The summed E-state index contributed by atoms with van der Waals surface area (Å²) >= 11 is 0. The Morgan fingerprint density at radius 2 is 1.25 bits per heavy atom. The third-order valence-electron chi connectivity index (χ3n) is 4.37. The first-order chi connectivity index (χ1) is 14.7. The summed E-state index contributed by atoms with van der Waals surface area (Å²) in [6.45, 7) is 12.9. The van der Waals surface area contributed by atoms with E-state index in [4.69, 9.17) is 9.47 Å². The fourth-order valence-electron chi connectivity index (χ4n) is 2.83. The van der Waals surface area contributed by atoms with Gasteiger partial charge in [0.1, 0.15) is 0 Å². The molecule has 2 aromatic carbocycles. The van der Waals surface area contributed by atoms with Crippen LogP contribution in [0, 0.1) is 0 Å². The fraction of sp³-hybridized carbons (Fsp3) is 0.417. The van der Waals surface area contributed by atoms with Crippen LogP contribution in [0.5, 0.6) is 0 Å². The molecule has 0 bridgehead atoms. The number of ether oxygens (including phenoxy) is 2. The van der Waals surface area contributed by atoms with Crippen LogP contribution in [0.3, 0.4) is 0 Å². The van der Waals surface area contributed by atoms with Crippen molar-refractivity contribution < 1.29 is 27.5 Å². The van der Waals surface area contributed by atoms with Crippen LogP contribution in [0.1, 0.15) is 74.7 Å². The maximum absolute atomic E-state index is 12.9. The zero-order chi connectivity index (χ0) is 24.3. The zero-order valence-corrected chi connectivity index (χ0v) is 20.4. The molecular weight excluding hydrogens is 430 g/mol. The summed E-state index contributed by atoms with van der Waals surface area (Å²) in [7, 11) is -3.96. The topological polar surface area (TPSA) is 98.8 Å². The fourth-order valence-corrected chi connectivity index (χ4v) is 3.88. The lowest BCUT2D eigenvalue weighted by atomic mass is 9.87. The average Bonchev–Trinajstić information content (AvgIpc) is 2.65. The first kappa shape index (κ1) is 25.4. The zero-order valence-electron chi connectivity index (χ0n) is 19.6. The second-order valence-electron chi connectivity index (χ2n) is 9.09. The summed E-state index contributed by atoms with van der Waals surface area (Å²) in [5.41, 5.74) is 1.01. The average molecular weight is 462 g/mol. The first-order valence-electron chi connectivity index (χ1n) is 10.4. The lowest BCUT2D eigenvalue weighted by Crippen LogP contribution is -2.18. The third kappa shape index (κ3) is 6.82. The highest BCUT2D eigenvalue weighted by atomic mass is 32.2. The Balaban J connectivity index is 2.43. The summed E-state index contributed by atoms with van der Waals surface area (Å²) in [6, 6.07) is 10.6. The molecule has 0 aromatic heterocycles. The predicted octanol–water partition coefficient (Wildman–Crippen LogP) is 4.92. The van der Waals surface area contributed by atoms with Crippen LogP contribution in [0.4, 0.5) is 5.69 Å². The molecule has 1 N–H and O–H groups in total. The molecule has 0 radical (unpaired) electrons. The minimum atomic E-state index is -3.96. The second-order valence-corrected chi connectivity index (χ2v) is 10.8. The van der Waals surface area contributed by atoms with E-state index in [2.05, 4.69) is 4.72 Å². The summed E-state index contributed by atoms with van der Waals surface area (Å²) in [6.07, 6.45) is -0.759. The molecule has 32 heavy (non-hydrogen) atoms. The number of sulfonamides is 1. The molecular formula is C24H31NO6S. The van der Waals surface area contributed by atoms with Crippen molar-refractivity contribution in [2.45, 2.75) is 71.0 Å². The number of hydrogen-bond donors (Lipinski definition) is 1. The van der Waals surface area contributed by atoms with E-state index in [1.165, 1.54) is 30.3 Å². The Morgan fingerprint density at radius 1 is 0.812 bits per heavy atom. The molecule has 0 spiro atoms. The summed E-state index contributed by atoms with van der Waals surface area (Å²) in [5.74, 6) is -1.34. The lowest BCUT2D eigenvalue weighted by molar-refractivity contribution is 0.0377. The van der Waals surface area contributed by atoms with Gasteiger partial charge in [0.2, 0.25) is 0 Å². The molecule has 2 aromatic rings. The largest absolute Gasteiger partial charge is 0.459 e. The number of rotatable bonds is 7. The van der Waals surface area contributed by atoms with Crippen molar-refractivity contribution in [1.29, 1.82) is 0 Å². The predicted molar refractivity (Wildman–Crippen MR) is 123 cm³/mol. The number of carbonyl (C=O) groups excluding carboxylic acids is 2. The van der Waals surface area contributed by atoms with Crippen molar-refractivity contribution in [3.8, 4) is 0 Å². The summed E-state index contributed by atoms with van der Waals surface area (Å²) < 4.78 is 38.7. The molecule has 0 aliphatic carbocycles. The van der Waals surface area contributed by atoms with Crippen molar-refractivity contribution in [3.63, 3.8) is 0 Å². The molecule has 0 fully saturated rings. The highest BCUT2D eigenvalue weighted by Gasteiger charge is 2.21. The van der Waals surface area contributed by atoms with Gasteiger partial charge in [0.05, 0.1) is 33.9 Å². The van der Waals surface area contributed by atoms with Crippen molar-refractivity contribution >= 4 is 27.6 Å². The standard InChI is InChI=1S/C24H31NO6S/c1-15(2)30-22(26)17-12-18(23(27)31-16(3)4)14-20(13-17)25-32(28,29)21-10-8-19(9-11-21)24(5,6)7/h8-16,25H,1-7H3. The van der Waals surface area contributed by atoms with Gasteiger partial charge in [0.25, 0.3) is 10.0 Å². The van der Waals surface area contributed by atoms with Gasteiger partial charge < -0.3 is 9.47 Å². The van der Waals surface area contributed by atoms with Crippen LogP contribution in [0.25, 0.3) is 0 Å². The van der Waals surface area contributed by atoms with Crippen molar-refractivity contribution in [2.24, 2.45) is 0 Å². The molecule has 0 saturated carbocycles. The summed E-state index contributed by atoms with van der Waals surface area (Å²) in [4.78, 5) is 24.9. The van der Waals surface area contributed by atoms with Crippen LogP contribution in [0.15, 0.2) is 47.4 Å². The highest BCUT2D eigenvalue weighted by Crippen LogP contribution is 2.25. The maximum atomic E-state index is 12.9. The number of benzene rings is 2. The lowest BCUT2D eigenvalue weighted by Gasteiger charge is -2.19. The maximum Gasteiger partial charge on any atom is 0.338 e. The Bertz CT molecular complexity index is 1040. The van der Waals surface area contributed by atoms with E-state index in [1.807, 2.05) is 20.8 Å². The molecule has 0 unspecified atom stereocenters. The van der Waals surface area contributed by atoms with E-state index in [0.29, 0.717) is 0 Å². The molecule has 0 aliphatic heterocycles. The number of esters is 2. The monoisotopic (exact) mass is 461 g/mol. The van der Waals surface area contributed by atoms with E-state index in [0.717, 1.165) is 5.56 Å². The van der Waals surface area contributed by atoms with E-state index in [-0.39, 0.29) is 39.3 Å². The van der Waals surface area contributed by atoms with Gasteiger partial charge in [0.15, 0.2) is 0 Å². The van der Waals surface area contributed by atoms with Crippen LogP contribution < -0.4 is 4.72 Å². The van der Waals surface area contributed by atoms with Crippen LogP contribution in [0.2, 0.25) is 0 Å². The van der Waals surface area contributed by atoms with Crippen molar-refractivity contribution in [2.75, 3.05) is 4.72 Å². The summed E-state index contributed by atoms with van der Waals surface area (Å²) in [5, 5.41) is 0. The number of hydrogen-bond acceptors (Lipinski definition) is 6. The van der Waals surface area contributed by atoms with Crippen molar-refractivity contribution in [1.82, 2.24) is 0 Å². The van der Waals surface area contributed by atoms with Crippen LogP contribution >= 0.6 is 0 Å². The number of nitrogens with one attached hydrogen (secondary N) is 1. The molecule has 8 heteroatoms. The smallest absolute Gasteiger partial charge is 0.338 e. The van der Waals surface area contributed by atoms with Crippen LogP contribution in [-0.2, 0) is 24.9 Å². The number of carbonyl (C=O) groups is 2. The normalized spacial score (nSPS) is 12.0. The van der Waals surface area contributed by atoms with E-state index >= 15 is 0 Å². The van der Waals surface area contributed by atoms with Gasteiger partial charge in [-0.1, -0.05) is 32.9 Å². The van der Waals surface area contributed by atoms with E-state index < -0.39 is 22.0 Å². The molecule has 0 saturated heterocycles. The molecule has 0 heterocycles. The van der Waals surface area contributed by atoms with Gasteiger partial charge in [-0.2, -0.15) is 0 Å². The Morgan fingerprint density at radius 3 is 1.62 bits per heavy atom. The van der Waals surface area contributed by atoms with Gasteiger partial charge in [-0.25, -0.2) is 18.0 Å². The molecule has 2 rings (SSSR count). The minimum absolute atomic E-state index is 0.0395. The minimum Gasteiger partial charge on any atom is -0.459 e. The van der Waals surface area contributed by atoms with Gasteiger partial charge >= 0.3 is 11.9 Å². The van der Waals surface area contributed by atoms with Crippen molar-refractivity contribution in [3.05, 3.63) is 59.2 Å². The highest BCUT2D eigenvalue weighted by molar-refractivity contribution is 7.92. The number of anilines is 1. The molecule has 174 valence electrons. The van der Waals surface area contributed by atoms with E-state index in [1.54, 1.807) is 39.8 Å². The Kier molecular flexibility index (Phi) is 7.72. The molecule has 7 nitrogen and oxygen atoms in total.